The highest BCUT2D eigenvalue weighted by molar-refractivity contribution is 5.80. The number of carboxylic acid groups (broad SMARTS) is 1. The zero-order chi connectivity index (χ0) is 15.3. The molecule has 1 atom stereocenters. The van der Waals surface area contributed by atoms with Crippen molar-refractivity contribution in [1.82, 2.24) is 5.32 Å². The van der Waals surface area contributed by atoms with E-state index in [-0.39, 0.29) is 18.7 Å². The highest BCUT2D eigenvalue weighted by Gasteiger charge is 2.27. The smallest absolute Gasteiger partial charge is 0.305 e. The lowest BCUT2D eigenvalue weighted by Crippen LogP contribution is -2.47. The predicted molar refractivity (Wildman–Crippen MR) is 78.7 cm³/mol. The van der Waals surface area contributed by atoms with Gasteiger partial charge in [-0.15, -0.1) is 0 Å². The molecule has 0 saturated carbocycles. The molecule has 0 fully saturated rings. The van der Waals surface area contributed by atoms with Gasteiger partial charge in [-0.25, -0.2) is 0 Å². The molecule has 1 rings (SSSR count). The second-order valence-corrected chi connectivity index (χ2v) is 5.64. The first-order valence-corrected chi connectivity index (χ1v) is 6.84. The summed E-state index contributed by atoms with van der Waals surface area (Å²) in [6.07, 6.45) is 0.794. The Morgan fingerprint density at radius 1 is 1.30 bits per heavy atom. The molecule has 0 radical (unpaired) electrons. The minimum absolute atomic E-state index is 0.0674. The van der Waals surface area contributed by atoms with Gasteiger partial charge in [0, 0.05) is 5.54 Å². The maximum atomic E-state index is 12.1. The quantitative estimate of drug-likeness (QED) is 0.840. The molecule has 20 heavy (non-hydrogen) atoms. The van der Waals surface area contributed by atoms with E-state index in [0.717, 1.165) is 16.7 Å². The second-order valence-electron chi connectivity index (χ2n) is 5.64. The van der Waals surface area contributed by atoms with Crippen molar-refractivity contribution in [2.45, 2.75) is 52.5 Å². The van der Waals surface area contributed by atoms with E-state index in [4.69, 9.17) is 5.11 Å². The van der Waals surface area contributed by atoms with Crippen molar-refractivity contribution in [2.75, 3.05) is 0 Å². The largest absolute Gasteiger partial charge is 0.481 e. The fourth-order valence-electron chi connectivity index (χ4n) is 2.14. The van der Waals surface area contributed by atoms with Crippen LogP contribution in [-0.4, -0.2) is 22.5 Å². The van der Waals surface area contributed by atoms with E-state index in [2.05, 4.69) is 5.32 Å². The summed E-state index contributed by atoms with van der Waals surface area (Å²) in [5.74, 6) is -1.04. The minimum Gasteiger partial charge on any atom is -0.481 e. The van der Waals surface area contributed by atoms with E-state index < -0.39 is 11.5 Å². The first-order valence-electron chi connectivity index (χ1n) is 6.84. The summed E-state index contributed by atoms with van der Waals surface area (Å²) >= 11 is 0. The van der Waals surface area contributed by atoms with E-state index in [1.807, 2.05) is 39.0 Å². The molecule has 0 aliphatic heterocycles. The molecule has 4 nitrogen and oxygen atoms in total. The van der Waals surface area contributed by atoms with Gasteiger partial charge in [0.15, 0.2) is 0 Å². The summed E-state index contributed by atoms with van der Waals surface area (Å²) in [6.45, 7) is 7.60. The Hall–Kier alpha value is -1.84. The van der Waals surface area contributed by atoms with Crippen LogP contribution in [0.2, 0.25) is 0 Å². The Labute approximate surface area is 120 Å². The molecule has 0 spiro atoms. The van der Waals surface area contributed by atoms with Crippen molar-refractivity contribution in [3.63, 3.8) is 0 Å². The second kappa shape index (κ2) is 6.55. The zero-order valence-electron chi connectivity index (χ0n) is 12.6. The number of carbonyl (C=O) groups is 2. The third-order valence-corrected chi connectivity index (χ3v) is 3.62. The Kier molecular flexibility index (Phi) is 5.31. The minimum atomic E-state index is -0.901. The Balaban J connectivity index is 2.76. The number of aliphatic carboxylic acids is 1. The fraction of sp³-hybridized carbons (Fsp3) is 0.500. The molecule has 1 aromatic rings. The monoisotopic (exact) mass is 277 g/mol. The normalized spacial score (nSPS) is 13.6. The Bertz CT molecular complexity index is 510. The van der Waals surface area contributed by atoms with Gasteiger partial charge in [0.2, 0.25) is 5.91 Å². The third-order valence-electron chi connectivity index (χ3n) is 3.62. The van der Waals surface area contributed by atoms with Gasteiger partial charge in [-0.05, 0) is 38.3 Å². The standard InChI is InChI=1S/C16H23NO3/c1-5-16(4,10-15(19)20)17-14(18)9-13-8-11(2)6-7-12(13)3/h6-8H,5,9-10H2,1-4H3,(H,17,18)(H,19,20)/t16-/m0/s1. The summed E-state index contributed by atoms with van der Waals surface area (Å²) in [4.78, 5) is 23.0. The number of benzene rings is 1. The molecule has 0 bridgehead atoms. The van der Waals surface area contributed by atoms with Crippen LogP contribution in [0.3, 0.4) is 0 Å². The van der Waals surface area contributed by atoms with Crippen LogP contribution < -0.4 is 5.32 Å². The van der Waals surface area contributed by atoms with Gasteiger partial charge < -0.3 is 10.4 Å². The molecule has 0 heterocycles. The van der Waals surface area contributed by atoms with Gasteiger partial charge in [0.05, 0.1) is 12.8 Å². The number of carbonyl (C=O) groups excluding carboxylic acids is 1. The topological polar surface area (TPSA) is 66.4 Å². The van der Waals surface area contributed by atoms with Gasteiger partial charge in [-0.2, -0.15) is 0 Å². The van der Waals surface area contributed by atoms with Crippen LogP contribution in [-0.2, 0) is 16.0 Å². The average molecular weight is 277 g/mol. The highest BCUT2D eigenvalue weighted by Crippen LogP contribution is 2.16. The summed E-state index contributed by atoms with van der Waals surface area (Å²) < 4.78 is 0. The van der Waals surface area contributed by atoms with E-state index in [1.54, 1.807) is 6.92 Å². The van der Waals surface area contributed by atoms with Crippen molar-refractivity contribution in [3.8, 4) is 0 Å². The lowest BCUT2D eigenvalue weighted by molar-refractivity contribution is -0.139. The molecule has 0 aliphatic carbocycles. The van der Waals surface area contributed by atoms with Crippen LogP contribution >= 0.6 is 0 Å². The maximum absolute atomic E-state index is 12.1. The maximum Gasteiger partial charge on any atom is 0.305 e. The number of amides is 1. The average Bonchev–Trinajstić information content (AvgIpc) is 2.32. The predicted octanol–water partition coefficient (Wildman–Crippen LogP) is 2.61. The van der Waals surface area contributed by atoms with E-state index in [1.165, 1.54) is 0 Å². The van der Waals surface area contributed by atoms with Crippen LogP contribution in [0.15, 0.2) is 18.2 Å². The molecular weight excluding hydrogens is 254 g/mol. The number of rotatable bonds is 6. The van der Waals surface area contributed by atoms with Crippen LogP contribution in [0.4, 0.5) is 0 Å². The van der Waals surface area contributed by atoms with Crippen molar-refractivity contribution in [2.24, 2.45) is 0 Å². The lowest BCUT2D eigenvalue weighted by atomic mass is 9.93. The van der Waals surface area contributed by atoms with Crippen molar-refractivity contribution in [1.29, 1.82) is 0 Å². The number of aryl methyl sites for hydroxylation is 2. The molecule has 110 valence electrons. The van der Waals surface area contributed by atoms with E-state index in [0.29, 0.717) is 6.42 Å². The number of hydrogen-bond donors (Lipinski definition) is 2. The number of carboxylic acids is 1. The molecule has 1 aromatic carbocycles. The Morgan fingerprint density at radius 2 is 1.95 bits per heavy atom. The molecule has 2 N–H and O–H groups in total. The van der Waals surface area contributed by atoms with E-state index >= 15 is 0 Å². The van der Waals surface area contributed by atoms with Crippen LogP contribution in [0.5, 0.6) is 0 Å². The first-order chi connectivity index (χ1) is 9.25. The Morgan fingerprint density at radius 3 is 2.50 bits per heavy atom. The van der Waals surface area contributed by atoms with Crippen LogP contribution in [0.1, 0.15) is 43.4 Å². The molecular formula is C16H23NO3. The molecule has 0 unspecified atom stereocenters. The molecule has 0 aromatic heterocycles. The van der Waals surface area contributed by atoms with E-state index in [9.17, 15) is 9.59 Å². The molecule has 0 aliphatic rings. The number of hydrogen-bond acceptors (Lipinski definition) is 2. The number of nitrogens with one attached hydrogen (secondary N) is 1. The van der Waals surface area contributed by atoms with Gasteiger partial charge in [-0.1, -0.05) is 30.7 Å². The third kappa shape index (κ3) is 4.68. The van der Waals surface area contributed by atoms with Crippen LogP contribution in [0.25, 0.3) is 0 Å². The molecule has 1 amide bonds. The first kappa shape index (κ1) is 16.2. The summed E-state index contributed by atoms with van der Waals surface area (Å²) in [6, 6.07) is 6.00. The molecule has 0 saturated heterocycles. The summed E-state index contributed by atoms with van der Waals surface area (Å²) in [7, 11) is 0. The van der Waals surface area contributed by atoms with Gasteiger partial charge in [0.1, 0.15) is 0 Å². The van der Waals surface area contributed by atoms with Gasteiger partial charge >= 0.3 is 5.97 Å². The van der Waals surface area contributed by atoms with Crippen molar-refractivity contribution < 1.29 is 14.7 Å². The van der Waals surface area contributed by atoms with Crippen molar-refractivity contribution in [3.05, 3.63) is 34.9 Å². The zero-order valence-corrected chi connectivity index (χ0v) is 12.6. The fourth-order valence-corrected chi connectivity index (χ4v) is 2.14. The van der Waals surface area contributed by atoms with Gasteiger partial charge in [-0.3, -0.25) is 9.59 Å². The molecule has 4 heteroatoms. The van der Waals surface area contributed by atoms with Crippen molar-refractivity contribution >= 4 is 11.9 Å². The van der Waals surface area contributed by atoms with Gasteiger partial charge in [0.25, 0.3) is 0 Å². The summed E-state index contributed by atoms with van der Waals surface area (Å²) in [5.41, 5.74) is 2.47. The van der Waals surface area contributed by atoms with Crippen LogP contribution in [0, 0.1) is 13.8 Å². The highest BCUT2D eigenvalue weighted by atomic mass is 16.4. The SMILES string of the molecule is CC[C@@](C)(CC(=O)O)NC(=O)Cc1cc(C)ccc1C. The summed E-state index contributed by atoms with van der Waals surface area (Å²) in [5, 5.41) is 11.8. The lowest BCUT2D eigenvalue weighted by Gasteiger charge is -2.28.